The van der Waals surface area contributed by atoms with E-state index in [0.29, 0.717) is 32.8 Å². The molecule has 0 radical (unpaired) electrons. The maximum Gasteiger partial charge on any atom is 0.409 e. The quantitative estimate of drug-likeness (QED) is 0.686. The van der Waals surface area contributed by atoms with E-state index in [1.54, 1.807) is 41.6 Å². The Hall–Kier alpha value is -2.74. The molecule has 1 amide bonds. The lowest BCUT2D eigenvalue weighted by molar-refractivity contribution is 0.105. The molecule has 0 bridgehead atoms. The summed E-state index contributed by atoms with van der Waals surface area (Å²) >= 11 is 1.55. The number of halogens is 1. The van der Waals surface area contributed by atoms with E-state index >= 15 is 0 Å². The van der Waals surface area contributed by atoms with E-state index in [4.69, 9.17) is 4.74 Å². The number of ether oxygens (including phenoxy) is 1. The molecule has 0 N–H and O–H groups in total. The molecule has 8 heteroatoms. The van der Waals surface area contributed by atoms with Crippen molar-refractivity contribution in [3.8, 4) is 11.1 Å². The van der Waals surface area contributed by atoms with Gasteiger partial charge >= 0.3 is 6.09 Å². The summed E-state index contributed by atoms with van der Waals surface area (Å²) in [4.78, 5) is 25.6. The normalized spacial score (nSPS) is 14.6. The monoisotopic (exact) mass is 386 g/mol. The van der Waals surface area contributed by atoms with Crippen LogP contribution in [0.2, 0.25) is 0 Å². The number of piperazine rings is 1. The third kappa shape index (κ3) is 3.44. The van der Waals surface area contributed by atoms with Gasteiger partial charge in [0.2, 0.25) is 0 Å². The minimum absolute atomic E-state index is 0.259. The lowest BCUT2D eigenvalue weighted by Crippen LogP contribution is -2.49. The molecule has 0 spiro atoms. The first-order valence-electron chi connectivity index (χ1n) is 8.82. The SMILES string of the molecule is CCOC(=O)N1CCN(c2ncnc3scc(-c4ccc(F)cc4)c23)CC1. The van der Waals surface area contributed by atoms with E-state index < -0.39 is 0 Å². The maximum absolute atomic E-state index is 13.3. The van der Waals surface area contributed by atoms with Crippen LogP contribution >= 0.6 is 11.3 Å². The largest absolute Gasteiger partial charge is 0.450 e. The average molecular weight is 386 g/mol. The number of rotatable bonds is 3. The number of carbonyl (C=O) groups is 1. The fraction of sp³-hybridized carbons (Fsp3) is 0.316. The zero-order chi connectivity index (χ0) is 18.8. The van der Waals surface area contributed by atoms with Gasteiger partial charge in [0.25, 0.3) is 0 Å². The number of carbonyl (C=O) groups excluding carboxylic acids is 1. The summed E-state index contributed by atoms with van der Waals surface area (Å²) in [7, 11) is 0. The molecule has 3 heterocycles. The molecular formula is C19H19FN4O2S. The number of aromatic nitrogens is 2. The molecule has 0 aliphatic carbocycles. The molecule has 1 aliphatic heterocycles. The molecule has 6 nitrogen and oxygen atoms in total. The Morgan fingerprint density at radius 3 is 2.63 bits per heavy atom. The fourth-order valence-corrected chi connectivity index (χ4v) is 4.17. The van der Waals surface area contributed by atoms with Crippen LogP contribution in [0.3, 0.4) is 0 Å². The summed E-state index contributed by atoms with van der Waals surface area (Å²) in [6, 6.07) is 6.46. The van der Waals surface area contributed by atoms with Crippen molar-refractivity contribution in [1.82, 2.24) is 14.9 Å². The Balaban J connectivity index is 1.64. The Morgan fingerprint density at radius 1 is 1.19 bits per heavy atom. The van der Waals surface area contributed by atoms with Crippen LogP contribution in [0.4, 0.5) is 15.0 Å². The van der Waals surface area contributed by atoms with Crippen LogP contribution in [-0.4, -0.2) is 53.7 Å². The summed E-state index contributed by atoms with van der Waals surface area (Å²) < 4.78 is 18.4. The van der Waals surface area contributed by atoms with E-state index in [1.807, 2.05) is 5.38 Å². The second-order valence-corrected chi connectivity index (χ2v) is 7.06. The summed E-state index contributed by atoms with van der Waals surface area (Å²) in [6.45, 7) is 4.69. The second-order valence-electron chi connectivity index (χ2n) is 6.21. The third-order valence-electron chi connectivity index (χ3n) is 4.61. The molecule has 1 aromatic carbocycles. The summed E-state index contributed by atoms with van der Waals surface area (Å²) in [5.41, 5.74) is 1.93. The number of fused-ring (bicyclic) bond motifs is 1. The molecule has 140 valence electrons. The fourth-order valence-electron chi connectivity index (χ4n) is 3.26. The van der Waals surface area contributed by atoms with Gasteiger partial charge in [-0.25, -0.2) is 19.2 Å². The highest BCUT2D eigenvalue weighted by Gasteiger charge is 2.25. The molecule has 3 aromatic rings. The van der Waals surface area contributed by atoms with Gasteiger partial charge in [-0.15, -0.1) is 11.3 Å². The molecule has 4 rings (SSSR count). The number of hydrogen-bond acceptors (Lipinski definition) is 6. The van der Waals surface area contributed by atoms with Crippen LogP contribution in [0.1, 0.15) is 6.92 Å². The molecule has 0 atom stereocenters. The van der Waals surface area contributed by atoms with Gasteiger partial charge in [-0.05, 0) is 24.6 Å². The molecule has 0 unspecified atom stereocenters. The van der Waals surface area contributed by atoms with Crippen LogP contribution in [-0.2, 0) is 4.74 Å². The predicted molar refractivity (Wildman–Crippen MR) is 104 cm³/mol. The maximum atomic E-state index is 13.3. The van der Waals surface area contributed by atoms with E-state index in [0.717, 1.165) is 27.2 Å². The Kier molecular flexibility index (Phi) is 4.89. The molecule has 1 saturated heterocycles. The number of hydrogen-bond donors (Lipinski definition) is 0. The van der Waals surface area contributed by atoms with Crippen molar-refractivity contribution >= 4 is 33.5 Å². The molecule has 1 aliphatic rings. The van der Waals surface area contributed by atoms with Gasteiger partial charge in [-0.3, -0.25) is 0 Å². The van der Waals surface area contributed by atoms with Crippen LogP contribution in [0.5, 0.6) is 0 Å². The average Bonchev–Trinajstić information content (AvgIpc) is 3.13. The van der Waals surface area contributed by atoms with Crippen molar-refractivity contribution < 1.29 is 13.9 Å². The lowest BCUT2D eigenvalue weighted by Gasteiger charge is -2.35. The van der Waals surface area contributed by atoms with Gasteiger partial charge in [0.1, 0.15) is 22.8 Å². The van der Waals surface area contributed by atoms with E-state index in [1.165, 1.54) is 12.1 Å². The minimum atomic E-state index is -0.271. The molecule has 0 saturated carbocycles. The zero-order valence-electron chi connectivity index (χ0n) is 14.9. The van der Waals surface area contributed by atoms with Crippen molar-refractivity contribution in [3.63, 3.8) is 0 Å². The predicted octanol–water partition coefficient (Wildman–Crippen LogP) is 3.78. The highest BCUT2D eigenvalue weighted by molar-refractivity contribution is 7.17. The highest BCUT2D eigenvalue weighted by Crippen LogP contribution is 2.38. The number of anilines is 1. The van der Waals surface area contributed by atoms with E-state index in [9.17, 15) is 9.18 Å². The van der Waals surface area contributed by atoms with Gasteiger partial charge in [-0.1, -0.05) is 12.1 Å². The van der Waals surface area contributed by atoms with Crippen LogP contribution in [0.25, 0.3) is 21.3 Å². The standard InChI is InChI=1S/C19H19FN4O2S/c1-2-26-19(25)24-9-7-23(8-10-24)17-16-15(11-27-18(16)22-12-21-17)13-3-5-14(20)6-4-13/h3-6,11-12H,2,7-10H2,1H3. The van der Waals surface area contributed by atoms with Gasteiger partial charge in [-0.2, -0.15) is 0 Å². The van der Waals surface area contributed by atoms with E-state index in [-0.39, 0.29) is 11.9 Å². The van der Waals surface area contributed by atoms with Crippen molar-refractivity contribution in [2.24, 2.45) is 0 Å². The van der Waals surface area contributed by atoms with Gasteiger partial charge < -0.3 is 14.5 Å². The first kappa shape index (κ1) is 17.7. The summed E-state index contributed by atoms with van der Waals surface area (Å²) in [5, 5.41) is 3.00. The number of nitrogens with zero attached hydrogens (tertiary/aromatic N) is 4. The lowest BCUT2D eigenvalue weighted by atomic mass is 10.1. The smallest absolute Gasteiger partial charge is 0.409 e. The van der Waals surface area contributed by atoms with Crippen molar-refractivity contribution in [2.75, 3.05) is 37.7 Å². The summed E-state index contributed by atoms with van der Waals surface area (Å²) in [6.07, 6.45) is 1.30. The number of benzene rings is 1. The Morgan fingerprint density at radius 2 is 1.93 bits per heavy atom. The Labute approximate surface area is 160 Å². The molecular weight excluding hydrogens is 367 g/mol. The van der Waals surface area contributed by atoms with Crippen molar-refractivity contribution in [1.29, 1.82) is 0 Å². The second kappa shape index (κ2) is 7.48. The van der Waals surface area contributed by atoms with Crippen molar-refractivity contribution in [2.45, 2.75) is 6.92 Å². The van der Waals surface area contributed by atoms with E-state index in [2.05, 4.69) is 14.9 Å². The minimum Gasteiger partial charge on any atom is -0.450 e. The number of thiophene rings is 1. The molecule has 27 heavy (non-hydrogen) atoms. The van der Waals surface area contributed by atoms with Gasteiger partial charge in [0.05, 0.1) is 12.0 Å². The molecule has 2 aromatic heterocycles. The zero-order valence-corrected chi connectivity index (χ0v) is 15.7. The van der Waals surface area contributed by atoms with Crippen LogP contribution in [0.15, 0.2) is 36.0 Å². The number of amides is 1. The third-order valence-corrected chi connectivity index (χ3v) is 5.50. The van der Waals surface area contributed by atoms with Crippen molar-refractivity contribution in [3.05, 3.63) is 41.8 Å². The molecule has 1 fully saturated rings. The highest BCUT2D eigenvalue weighted by atomic mass is 32.1. The van der Waals surface area contributed by atoms with Gasteiger partial charge in [0, 0.05) is 37.1 Å². The first-order chi connectivity index (χ1) is 13.2. The Bertz CT molecular complexity index is 952. The first-order valence-corrected chi connectivity index (χ1v) is 9.70. The van der Waals surface area contributed by atoms with Crippen LogP contribution in [0, 0.1) is 5.82 Å². The topological polar surface area (TPSA) is 58.6 Å². The van der Waals surface area contributed by atoms with Gasteiger partial charge in [0.15, 0.2) is 0 Å². The summed E-state index contributed by atoms with van der Waals surface area (Å²) in [5.74, 6) is 0.592. The van der Waals surface area contributed by atoms with Crippen LogP contribution < -0.4 is 4.90 Å².